The van der Waals surface area contributed by atoms with Gasteiger partial charge in [0.25, 0.3) is 0 Å². The fourth-order valence-electron chi connectivity index (χ4n) is 3.40. The lowest BCUT2D eigenvalue weighted by Gasteiger charge is -2.33. The monoisotopic (exact) mass is 329 g/mol. The summed E-state index contributed by atoms with van der Waals surface area (Å²) in [5.41, 5.74) is 1.99. The first kappa shape index (κ1) is 15.5. The van der Waals surface area contributed by atoms with Crippen LogP contribution in [0.25, 0.3) is 5.65 Å². The van der Waals surface area contributed by atoms with Gasteiger partial charge in [-0.3, -0.25) is 19.1 Å². The maximum atomic E-state index is 12.0. The third kappa shape index (κ3) is 3.27. The molecule has 128 valence electrons. The van der Waals surface area contributed by atoms with Crippen molar-refractivity contribution in [1.29, 1.82) is 0 Å². The van der Waals surface area contributed by atoms with E-state index in [9.17, 15) is 9.90 Å². The number of nitrogens with zero attached hydrogens (tertiary/aromatic N) is 4. The number of rotatable bonds is 5. The van der Waals surface area contributed by atoms with E-state index in [1.54, 1.807) is 12.4 Å². The molecule has 7 nitrogen and oxygen atoms in total. The van der Waals surface area contributed by atoms with E-state index in [0.29, 0.717) is 6.04 Å². The van der Waals surface area contributed by atoms with Crippen LogP contribution in [0, 0.1) is 5.92 Å². The lowest BCUT2D eigenvalue weighted by atomic mass is 9.90. The molecule has 2 aromatic heterocycles. The Kier molecular flexibility index (Phi) is 4.20. The highest BCUT2D eigenvalue weighted by atomic mass is 16.3. The summed E-state index contributed by atoms with van der Waals surface area (Å²) in [5, 5.41) is 13.2. The maximum absolute atomic E-state index is 12.0. The number of nitrogens with one attached hydrogen (secondary N) is 1. The van der Waals surface area contributed by atoms with Crippen molar-refractivity contribution in [1.82, 2.24) is 24.6 Å². The normalized spacial score (nSPS) is 21.0. The van der Waals surface area contributed by atoms with Crippen molar-refractivity contribution < 1.29 is 9.90 Å². The van der Waals surface area contributed by atoms with E-state index in [2.05, 4.69) is 24.6 Å². The third-order valence-electron chi connectivity index (χ3n) is 5.05. The van der Waals surface area contributed by atoms with E-state index < -0.39 is 6.10 Å². The predicted molar refractivity (Wildman–Crippen MR) is 88.2 cm³/mol. The van der Waals surface area contributed by atoms with Crippen LogP contribution < -0.4 is 5.32 Å². The van der Waals surface area contributed by atoms with Crippen molar-refractivity contribution in [2.75, 3.05) is 13.1 Å². The van der Waals surface area contributed by atoms with Gasteiger partial charge in [0, 0.05) is 25.0 Å². The second-order valence-corrected chi connectivity index (χ2v) is 6.90. The molecule has 24 heavy (non-hydrogen) atoms. The van der Waals surface area contributed by atoms with Crippen LogP contribution in [0.5, 0.6) is 0 Å². The summed E-state index contributed by atoms with van der Waals surface area (Å²) in [7, 11) is 0. The minimum absolute atomic E-state index is 0.0615. The zero-order valence-electron chi connectivity index (χ0n) is 13.6. The van der Waals surface area contributed by atoms with E-state index in [4.69, 9.17) is 0 Å². The standard InChI is InChI=1S/C17H23N5O2/c23-16(17(24)20-13-1-2-13)12-3-6-21(7-4-12)11-14-9-19-15-10-18-5-8-22(14)15/h5,8-10,12-13,16,23H,1-4,6-7,11H2,(H,20,24)/t16-/m0/s1. The number of likely N-dealkylation sites (tertiary alicyclic amines) is 1. The average Bonchev–Trinajstić information content (AvgIpc) is 3.34. The van der Waals surface area contributed by atoms with Gasteiger partial charge in [-0.05, 0) is 44.7 Å². The molecule has 7 heteroatoms. The molecule has 1 saturated heterocycles. The zero-order chi connectivity index (χ0) is 16.5. The molecule has 1 aliphatic carbocycles. The van der Waals surface area contributed by atoms with E-state index in [-0.39, 0.29) is 11.8 Å². The quantitative estimate of drug-likeness (QED) is 0.838. The lowest BCUT2D eigenvalue weighted by molar-refractivity contribution is -0.133. The molecule has 2 N–H and O–H groups in total. The molecular formula is C17H23N5O2. The highest BCUT2D eigenvalue weighted by Gasteiger charge is 2.33. The van der Waals surface area contributed by atoms with Crippen molar-refractivity contribution in [2.24, 2.45) is 5.92 Å². The summed E-state index contributed by atoms with van der Waals surface area (Å²) in [6, 6.07) is 0.303. The maximum Gasteiger partial charge on any atom is 0.249 e. The summed E-state index contributed by atoms with van der Waals surface area (Å²) < 4.78 is 2.05. The van der Waals surface area contributed by atoms with Gasteiger partial charge in [-0.25, -0.2) is 4.98 Å². The topological polar surface area (TPSA) is 82.8 Å². The Morgan fingerprint density at radius 3 is 2.83 bits per heavy atom. The molecule has 0 radical (unpaired) electrons. The Morgan fingerprint density at radius 1 is 1.29 bits per heavy atom. The van der Waals surface area contributed by atoms with Crippen LogP contribution in [0.2, 0.25) is 0 Å². The lowest BCUT2D eigenvalue weighted by Crippen LogP contribution is -2.45. The molecule has 1 atom stereocenters. The SMILES string of the molecule is O=C(NC1CC1)[C@@H](O)C1CCN(Cc2cnc3cnccn23)CC1. The van der Waals surface area contributed by atoms with Gasteiger partial charge in [-0.2, -0.15) is 0 Å². The van der Waals surface area contributed by atoms with Crippen molar-refractivity contribution in [2.45, 2.75) is 44.4 Å². The molecule has 2 aliphatic rings. The van der Waals surface area contributed by atoms with Gasteiger partial charge in [0.05, 0.1) is 18.1 Å². The van der Waals surface area contributed by atoms with Gasteiger partial charge < -0.3 is 10.4 Å². The Morgan fingerprint density at radius 2 is 2.08 bits per heavy atom. The van der Waals surface area contributed by atoms with Crippen molar-refractivity contribution >= 4 is 11.6 Å². The Bertz CT molecular complexity index is 719. The van der Waals surface area contributed by atoms with Crippen LogP contribution in [-0.2, 0) is 11.3 Å². The summed E-state index contributed by atoms with van der Waals surface area (Å²) in [4.78, 5) is 22.8. The minimum Gasteiger partial charge on any atom is -0.383 e. The largest absolute Gasteiger partial charge is 0.383 e. The fraction of sp³-hybridized carbons (Fsp3) is 0.588. The Hall–Kier alpha value is -1.99. The molecule has 0 spiro atoms. The number of imidazole rings is 1. The molecule has 4 rings (SSSR count). The van der Waals surface area contributed by atoms with Crippen molar-refractivity contribution in [3.05, 3.63) is 30.5 Å². The van der Waals surface area contributed by atoms with Gasteiger partial charge >= 0.3 is 0 Å². The van der Waals surface area contributed by atoms with Gasteiger partial charge in [0.15, 0.2) is 5.65 Å². The predicted octanol–water partition coefficient (Wildman–Crippen LogP) is 0.581. The second-order valence-electron chi connectivity index (χ2n) is 6.90. The summed E-state index contributed by atoms with van der Waals surface area (Å²) in [6.07, 6.45) is 10.3. The van der Waals surface area contributed by atoms with Crippen LogP contribution in [0.15, 0.2) is 24.8 Å². The Labute approximate surface area is 140 Å². The number of aromatic nitrogens is 3. The van der Waals surface area contributed by atoms with Gasteiger partial charge in [-0.15, -0.1) is 0 Å². The number of aliphatic hydroxyl groups is 1. The minimum atomic E-state index is -0.866. The molecule has 1 aliphatic heterocycles. The van der Waals surface area contributed by atoms with Crippen molar-refractivity contribution in [3.63, 3.8) is 0 Å². The van der Waals surface area contributed by atoms with Crippen LogP contribution >= 0.6 is 0 Å². The number of hydrogen-bond donors (Lipinski definition) is 2. The second kappa shape index (κ2) is 6.49. The van der Waals surface area contributed by atoms with Gasteiger partial charge in [-0.1, -0.05) is 0 Å². The van der Waals surface area contributed by atoms with Crippen LogP contribution in [0.4, 0.5) is 0 Å². The Balaban J connectivity index is 1.31. The van der Waals surface area contributed by atoms with Crippen LogP contribution in [0.3, 0.4) is 0 Å². The smallest absolute Gasteiger partial charge is 0.249 e. The van der Waals surface area contributed by atoms with E-state index >= 15 is 0 Å². The van der Waals surface area contributed by atoms with Gasteiger partial charge in [0.1, 0.15) is 6.10 Å². The first-order valence-corrected chi connectivity index (χ1v) is 8.67. The number of carbonyl (C=O) groups excluding carboxylic acids is 1. The number of carbonyl (C=O) groups is 1. The number of aliphatic hydroxyl groups excluding tert-OH is 1. The van der Waals surface area contributed by atoms with Gasteiger partial charge in [0.2, 0.25) is 5.91 Å². The number of amides is 1. The molecule has 2 aromatic rings. The number of piperidine rings is 1. The molecule has 2 fully saturated rings. The first-order chi connectivity index (χ1) is 11.7. The first-order valence-electron chi connectivity index (χ1n) is 8.67. The average molecular weight is 329 g/mol. The van der Waals surface area contributed by atoms with Crippen molar-refractivity contribution in [3.8, 4) is 0 Å². The third-order valence-corrected chi connectivity index (χ3v) is 5.05. The molecule has 1 saturated carbocycles. The summed E-state index contributed by atoms with van der Waals surface area (Å²) in [6.45, 7) is 2.59. The summed E-state index contributed by atoms with van der Waals surface area (Å²) >= 11 is 0. The fourth-order valence-corrected chi connectivity index (χ4v) is 3.40. The van der Waals surface area contributed by atoms with Crippen LogP contribution in [-0.4, -0.2) is 55.5 Å². The highest BCUT2D eigenvalue weighted by molar-refractivity contribution is 5.81. The zero-order valence-corrected chi connectivity index (χ0v) is 13.6. The molecule has 0 bridgehead atoms. The molecule has 0 aromatic carbocycles. The van der Waals surface area contributed by atoms with Crippen LogP contribution in [0.1, 0.15) is 31.4 Å². The number of fused-ring (bicyclic) bond motifs is 1. The highest BCUT2D eigenvalue weighted by Crippen LogP contribution is 2.24. The number of hydrogen-bond acceptors (Lipinski definition) is 5. The molecule has 1 amide bonds. The van der Waals surface area contributed by atoms with E-state index in [1.165, 1.54) is 0 Å². The molecule has 0 unspecified atom stereocenters. The van der Waals surface area contributed by atoms with E-state index in [1.807, 2.05) is 12.4 Å². The molecular weight excluding hydrogens is 306 g/mol. The molecule has 3 heterocycles. The summed E-state index contributed by atoms with van der Waals surface area (Å²) in [5.74, 6) is -0.128. The van der Waals surface area contributed by atoms with E-state index in [0.717, 1.165) is 56.7 Å².